The molecule has 0 aromatic heterocycles. The predicted octanol–water partition coefficient (Wildman–Crippen LogP) is -0.229. The zero-order valence-corrected chi connectivity index (χ0v) is 6.65. The molecule has 2 heterocycles. The summed E-state index contributed by atoms with van der Waals surface area (Å²) in [6.45, 7) is 0.584. The number of epoxide rings is 1. The van der Waals surface area contributed by atoms with Crippen LogP contribution in [0.3, 0.4) is 0 Å². The second kappa shape index (κ2) is 2.71. The van der Waals surface area contributed by atoms with Gasteiger partial charge in [-0.15, -0.1) is 0 Å². The minimum absolute atomic E-state index is 0.0648. The van der Waals surface area contributed by atoms with Gasteiger partial charge in [-0.3, -0.25) is 0 Å². The van der Waals surface area contributed by atoms with Crippen molar-refractivity contribution in [1.82, 2.24) is 0 Å². The second-order valence-corrected chi connectivity index (χ2v) is 2.80. The van der Waals surface area contributed by atoms with Gasteiger partial charge in [-0.05, 0) is 0 Å². The molecule has 0 N–H and O–H groups in total. The van der Waals surface area contributed by atoms with Crippen LogP contribution in [0.1, 0.15) is 0 Å². The van der Waals surface area contributed by atoms with E-state index in [0.29, 0.717) is 6.61 Å². The highest BCUT2D eigenvalue weighted by Gasteiger charge is 2.58. The average molecular weight is 160 g/mol. The van der Waals surface area contributed by atoms with Crippen LogP contribution in [0, 0.1) is 0 Å². The van der Waals surface area contributed by atoms with E-state index in [9.17, 15) is 0 Å². The van der Waals surface area contributed by atoms with Crippen LogP contribution in [0.5, 0.6) is 0 Å². The summed E-state index contributed by atoms with van der Waals surface area (Å²) < 4.78 is 20.7. The molecule has 2 saturated heterocycles. The first-order valence-electron chi connectivity index (χ1n) is 3.69. The smallest absolute Gasteiger partial charge is 0.186 e. The van der Waals surface area contributed by atoms with Gasteiger partial charge in [0, 0.05) is 14.2 Å². The van der Waals surface area contributed by atoms with Crippen molar-refractivity contribution in [2.45, 2.75) is 24.6 Å². The standard InChI is InChI=1S/C7H12O4/c1-8-3-4-5-6(11-5)7(9-2)10-4/h4-7H,3H2,1-2H3/t4-,5+,6+,7-/m1/s1. The zero-order valence-electron chi connectivity index (χ0n) is 6.65. The van der Waals surface area contributed by atoms with E-state index in [4.69, 9.17) is 18.9 Å². The minimum atomic E-state index is -0.180. The summed E-state index contributed by atoms with van der Waals surface area (Å²) in [5, 5.41) is 0. The molecule has 4 nitrogen and oxygen atoms in total. The molecule has 0 amide bonds. The predicted molar refractivity (Wildman–Crippen MR) is 36.2 cm³/mol. The molecular formula is C7H12O4. The Bertz CT molecular complexity index is 149. The SMILES string of the molecule is COC[C@H]1O[C@@H](OC)[C@H]2O[C@H]21. The fourth-order valence-electron chi connectivity index (χ4n) is 1.47. The fourth-order valence-corrected chi connectivity index (χ4v) is 1.47. The Kier molecular flexibility index (Phi) is 1.85. The Labute approximate surface area is 65.4 Å². The van der Waals surface area contributed by atoms with Crippen molar-refractivity contribution < 1.29 is 18.9 Å². The summed E-state index contributed by atoms with van der Waals surface area (Å²) in [7, 11) is 3.28. The van der Waals surface area contributed by atoms with E-state index in [1.807, 2.05) is 0 Å². The van der Waals surface area contributed by atoms with Gasteiger partial charge in [0.15, 0.2) is 6.29 Å². The minimum Gasteiger partial charge on any atom is -0.382 e. The normalized spacial score (nSPS) is 47.5. The fraction of sp³-hybridized carbons (Fsp3) is 1.00. The van der Waals surface area contributed by atoms with Crippen molar-refractivity contribution in [3.63, 3.8) is 0 Å². The summed E-state index contributed by atoms with van der Waals surface area (Å²) >= 11 is 0. The highest BCUT2D eigenvalue weighted by molar-refractivity contribution is 4.99. The molecule has 4 atom stereocenters. The van der Waals surface area contributed by atoms with Crippen molar-refractivity contribution in [2.75, 3.05) is 20.8 Å². The van der Waals surface area contributed by atoms with Crippen LogP contribution < -0.4 is 0 Å². The van der Waals surface area contributed by atoms with E-state index in [-0.39, 0.29) is 24.6 Å². The first-order valence-corrected chi connectivity index (χ1v) is 3.69. The van der Waals surface area contributed by atoms with Crippen molar-refractivity contribution in [3.8, 4) is 0 Å². The Balaban J connectivity index is 1.87. The molecule has 0 unspecified atom stereocenters. The Morgan fingerprint density at radius 1 is 1.18 bits per heavy atom. The molecule has 0 radical (unpaired) electrons. The third-order valence-electron chi connectivity index (χ3n) is 2.07. The second-order valence-electron chi connectivity index (χ2n) is 2.80. The van der Waals surface area contributed by atoms with E-state index in [2.05, 4.69) is 0 Å². The van der Waals surface area contributed by atoms with Gasteiger partial charge >= 0.3 is 0 Å². The molecule has 2 fully saturated rings. The lowest BCUT2D eigenvalue weighted by Gasteiger charge is -2.14. The average Bonchev–Trinajstić information content (AvgIpc) is 2.72. The largest absolute Gasteiger partial charge is 0.382 e. The Morgan fingerprint density at radius 3 is 2.55 bits per heavy atom. The van der Waals surface area contributed by atoms with Gasteiger partial charge in [0.25, 0.3) is 0 Å². The third kappa shape index (κ3) is 1.16. The molecule has 2 aliphatic rings. The Hall–Kier alpha value is -0.160. The van der Waals surface area contributed by atoms with Crippen LogP contribution in [0.2, 0.25) is 0 Å². The topological polar surface area (TPSA) is 40.2 Å². The van der Waals surface area contributed by atoms with Crippen LogP contribution in [0.25, 0.3) is 0 Å². The summed E-state index contributed by atoms with van der Waals surface area (Å²) in [5.41, 5.74) is 0. The monoisotopic (exact) mass is 160 g/mol. The van der Waals surface area contributed by atoms with Crippen molar-refractivity contribution in [1.29, 1.82) is 0 Å². The highest BCUT2D eigenvalue weighted by Crippen LogP contribution is 2.39. The van der Waals surface area contributed by atoms with Crippen molar-refractivity contribution in [2.24, 2.45) is 0 Å². The summed E-state index contributed by atoms with van der Waals surface area (Å²) in [6, 6.07) is 0. The molecule has 0 aromatic rings. The summed E-state index contributed by atoms with van der Waals surface area (Å²) in [5.74, 6) is 0. The summed E-state index contributed by atoms with van der Waals surface area (Å²) in [4.78, 5) is 0. The summed E-state index contributed by atoms with van der Waals surface area (Å²) in [6.07, 6.45) is 0.246. The van der Waals surface area contributed by atoms with Crippen LogP contribution in [-0.2, 0) is 18.9 Å². The molecule has 4 heteroatoms. The van der Waals surface area contributed by atoms with Gasteiger partial charge in [0.1, 0.15) is 18.3 Å². The first-order chi connectivity index (χ1) is 5.36. The number of rotatable bonds is 3. The maximum Gasteiger partial charge on any atom is 0.186 e. The van der Waals surface area contributed by atoms with Gasteiger partial charge in [0.05, 0.1) is 6.61 Å². The molecule has 0 bridgehead atoms. The Morgan fingerprint density at radius 2 is 2.00 bits per heavy atom. The van der Waals surface area contributed by atoms with Crippen molar-refractivity contribution >= 4 is 0 Å². The van der Waals surface area contributed by atoms with Crippen LogP contribution >= 0.6 is 0 Å². The molecular weight excluding hydrogens is 148 g/mol. The lowest BCUT2D eigenvalue weighted by Crippen LogP contribution is -2.24. The number of fused-ring (bicyclic) bond motifs is 1. The molecule has 0 spiro atoms. The number of ether oxygens (including phenoxy) is 4. The third-order valence-corrected chi connectivity index (χ3v) is 2.07. The maximum absolute atomic E-state index is 5.44. The molecule has 2 rings (SSSR count). The number of hydrogen-bond acceptors (Lipinski definition) is 4. The van der Waals surface area contributed by atoms with E-state index in [1.165, 1.54) is 0 Å². The lowest BCUT2D eigenvalue weighted by atomic mass is 10.2. The van der Waals surface area contributed by atoms with Gasteiger partial charge in [0.2, 0.25) is 0 Å². The maximum atomic E-state index is 5.44. The number of methoxy groups -OCH3 is 2. The van der Waals surface area contributed by atoms with E-state index < -0.39 is 0 Å². The molecule has 0 aliphatic carbocycles. The van der Waals surface area contributed by atoms with Crippen molar-refractivity contribution in [3.05, 3.63) is 0 Å². The highest BCUT2D eigenvalue weighted by atomic mass is 16.8. The molecule has 0 saturated carbocycles. The zero-order chi connectivity index (χ0) is 7.84. The first kappa shape index (κ1) is 7.49. The van der Waals surface area contributed by atoms with Crippen LogP contribution in [-0.4, -0.2) is 45.4 Å². The van der Waals surface area contributed by atoms with Gasteiger partial charge < -0.3 is 18.9 Å². The van der Waals surface area contributed by atoms with Crippen LogP contribution in [0.15, 0.2) is 0 Å². The van der Waals surface area contributed by atoms with E-state index in [0.717, 1.165) is 0 Å². The van der Waals surface area contributed by atoms with Gasteiger partial charge in [-0.25, -0.2) is 0 Å². The molecule has 0 aromatic carbocycles. The molecule has 2 aliphatic heterocycles. The molecule has 11 heavy (non-hydrogen) atoms. The number of hydrogen-bond donors (Lipinski definition) is 0. The van der Waals surface area contributed by atoms with Gasteiger partial charge in [-0.2, -0.15) is 0 Å². The van der Waals surface area contributed by atoms with Gasteiger partial charge in [-0.1, -0.05) is 0 Å². The van der Waals surface area contributed by atoms with E-state index >= 15 is 0 Å². The quantitative estimate of drug-likeness (QED) is 0.535. The lowest BCUT2D eigenvalue weighted by molar-refractivity contribution is -0.168. The van der Waals surface area contributed by atoms with Crippen LogP contribution in [0.4, 0.5) is 0 Å². The molecule has 64 valence electrons. The van der Waals surface area contributed by atoms with E-state index in [1.54, 1.807) is 14.2 Å².